The molecule has 0 saturated carbocycles. The van der Waals surface area contributed by atoms with Gasteiger partial charge in [0.2, 0.25) is 5.91 Å². The van der Waals surface area contributed by atoms with E-state index in [1.54, 1.807) is 12.5 Å². The average Bonchev–Trinajstić information content (AvgIpc) is 3.41. The Kier molecular flexibility index (Phi) is 6.05. The Balaban J connectivity index is 1.36. The van der Waals surface area contributed by atoms with Crippen molar-refractivity contribution in [3.63, 3.8) is 0 Å². The first kappa shape index (κ1) is 19.0. The average molecular weight is 387 g/mol. The van der Waals surface area contributed by atoms with Crippen LogP contribution in [0.2, 0.25) is 0 Å². The highest BCUT2D eigenvalue weighted by Crippen LogP contribution is 2.14. The van der Waals surface area contributed by atoms with Crippen LogP contribution in [-0.4, -0.2) is 27.3 Å². The molecule has 5 nitrogen and oxygen atoms in total. The van der Waals surface area contributed by atoms with E-state index in [0.29, 0.717) is 19.4 Å². The number of amides is 1. The summed E-state index contributed by atoms with van der Waals surface area (Å²) in [4.78, 5) is 22.8. The Morgan fingerprint density at radius 1 is 0.966 bits per heavy atom. The third kappa shape index (κ3) is 5.13. The molecule has 5 heteroatoms. The summed E-state index contributed by atoms with van der Waals surface area (Å²) in [5.41, 5.74) is 4.26. The van der Waals surface area contributed by atoms with Crippen LogP contribution in [0.3, 0.4) is 0 Å². The molecule has 1 amide bonds. The van der Waals surface area contributed by atoms with Gasteiger partial charge in [-0.15, -0.1) is 0 Å². The number of nitrogens with zero attached hydrogens (tertiary/aromatic N) is 2. The van der Waals surface area contributed by atoms with Crippen LogP contribution in [0.4, 0.5) is 0 Å². The van der Waals surface area contributed by atoms with Crippen molar-refractivity contribution in [2.75, 3.05) is 6.54 Å². The largest absolute Gasteiger partial charge is 0.472 e. The number of nitrogens with one attached hydrogen (secondary N) is 1. The van der Waals surface area contributed by atoms with E-state index in [0.717, 1.165) is 41.8 Å². The molecule has 0 unspecified atom stereocenters. The normalized spacial score (nSPS) is 11.0. The van der Waals surface area contributed by atoms with Crippen molar-refractivity contribution in [3.8, 4) is 0 Å². The molecule has 0 fully saturated rings. The zero-order chi connectivity index (χ0) is 19.9. The summed E-state index contributed by atoms with van der Waals surface area (Å²) in [7, 11) is 0. The predicted molar refractivity (Wildman–Crippen MR) is 113 cm³/mol. The maximum absolute atomic E-state index is 13.0. The molecule has 0 bridgehead atoms. The van der Waals surface area contributed by atoms with Gasteiger partial charge in [0.15, 0.2) is 0 Å². The van der Waals surface area contributed by atoms with E-state index in [1.165, 1.54) is 5.56 Å². The van der Waals surface area contributed by atoms with E-state index in [-0.39, 0.29) is 5.91 Å². The molecule has 0 aliphatic rings. The number of aromatic nitrogens is 2. The summed E-state index contributed by atoms with van der Waals surface area (Å²) in [6, 6.07) is 20.2. The Morgan fingerprint density at radius 3 is 2.59 bits per heavy atom. The number of para-hydroxylation sites is 2. The number of hydrogen-bond donors (Lipinski definition) is 1. The van der Waals surface area contributed by atoms with Crippen LogP contribution >= 0.6 is 0 Å². The molecule has 148 valence electrons. The van der Waals surface area contributed by atoms with Crippen molar-refractivity contribution in [2.24, 2.45) is 0 Å². The molecule has 2 heterocycles. The number of hydrogen-bond acceptors (Lipinski definition) is 3. The number of furan rings is 1. The van der Waals surface area contributed by atoms with E-state index < -0.39 is 0 Å². The Hall–Kier alpha value is -3.34. The molecule has 0 saturated heterocycles. The summed E-state index contributed by atoms with van der Waals surface area (Å²) in [5.74, 6) is 0.992. The van der Waals surface area contributed by atoms with Gasteiger partial charge in [-0.05, 0) is 36.6 Å². The lowest BCUT2D eigenvalue weighted by molar-refractivity contribution is -0.131. The fraction of sp³-hybridized carbons (Fsp3) is 0.250. The van der Waals surface area contributed by atoms with Crippen molar-refractivity contribution >= 4 is 16.9 Å². The SMILES string of the molecule is O=C(CCc1nc2ccccc2[nH]1)N(CCCc1ccccc1)Cc1ccoc1. The van der Waals surface area contributed by atoms with Crippen LogP contribution in [0, 0.1) is 0 Å². The number of carbonyl (C=O) groups excluding carboxylic acids is 1. The monoisotopic (exact) mass is 387 g/mol. The zero-order valence-corrected chi connectivity index (χ0v) is 16.4. The molecule has 0 atom stereocenters. The van der Waals surface area contributed by atoms with Gasteiger partial charge in [-0.2, -0.15) is 0 Å². The third-order valence-corrected chi connectivity index (χ3v) is 5.06. The van der Waals surface area contributed by atoms with Gasteiger partial charge in [0.25, 0.3) is 0 Å². The van der Waals surface area contributed by atoms with Crippen molar-refractivity contribution in [2.45, 2.75) is 32.2 Å². The van der Waals surface area contributed by atoms with Gasteiger partial charge in [0, 0.05) is 31.5 Å². The quantitative estimate of drug-likeness (QED) is 0.451. The fourth-order valence-corrected chi connectivity index (χ4v) is 3.52. The molecule has 0 aliphatic heterocycles. The lowest BCUT2D eigenvalue weighted by Crippen LogP contribution is -2.32. The van der Waals surface area contributed by atoms with Gasteiger partial charge in [0.05, 0.1) is 23.6 Å². The van der Waals surface area contributed by atoms with Gasteiger partial charge in [-0.25, -0.2) is 4.98 Å². The molecular formula is C24H25N3O2. The van der Waals surface area contributed by atoms with E-state index in [4.69, 9.17) is 4.42 Å². The van der Waals surface area contributed by atoms with Crippen molar-refractivity contribution < 1.29 is 9.21 Å². The van der Waals surface area contributed by atoms with Crippen LogP contribution in [0.25, 0.3) is 11.0 Å². The minimum absolute atomic E-state index is 0.139. The van der Waals surface area contributed by atoms with Crippen LogP contribution in [0.1, 0.15) is 29.8 Å². The minimum atomic E-state index is 0.139. The summed E-state index contributed by atoms with van der Waals surface area (Å²) < 4.78 is 5.18. The highest BCUT2D eigenvalue weighted by Gasteiger charge is 2.15. The van der Waals surface area contributed by atoms with E-state index >= 15 is 0 Å². The van der Waals surface area contributed by atoms with Crippen LogP contribution in [-0.2, 0) is 24.2 Å². The first-order valence-electron chi connectivity index (χ1n) is 10.0. The molecule has 0 radical (unpaired) electrons. The molecule has 0 aliphatic carbocycles. The van der Waals surface area contributed by atoms with Crippen molar-refractivity contribution in [1.82, 2.24) is 14.9 Å². The summed E-state index contributed by atoms with van der Waals surface area (Å²) in [6.07, 6.45) is 6.28. The molecule has 4 rings (SSSR count). The number of aryl methyl sites for hydroxylation is 2. The topological polar surface area (TPSA) is 62.1 Å². The number of rotatable bonds is 9. The Labute approximate surface area is 170 Å². The van der Waals surface area contributed by atoms with Gasteiger partial charge in [0.1, 0.15) is 5.82 Å². The van der Waals surface area contributed by atoms with E-state index in [9.17, 15) is 4.79 Å². The van der Waals surface area contributed by atoms with Crippen molar-refractivity contribution in [3.05, 3.63) is 90.1 Å². The lowest BCUT2D eigenvalue weighted by atomic mass is 10.1. The lowest BCUT2D eigenvalue weighted by Gasteiger charge is -2.22. The fourth-order valence-electron chi connectivity index (χ4n) is 3.52. The minimum Gasteiger partial charge on any atom is -0.472 e. The van der Waals surface area contributed by atoms with Gasteiger partial charge in [-0.1, -0.05) is 42.5 Å². The molecule has 2 aromatic heterocycles. The number of benzene rings is 2. The standard InChI is InChI=1S/C24H25N3O2/c28-24(13-12-23-25-21-10-4-5-11-22(21)26-23)27(17-20-14-16-29-18-20)15-6-9-19-7-2-1-3-8-19/h1-5,7-8,10-11,14,16,18H,6,9,12-13,15,17H2,(H,25,26). The molecule has 4 aromatic rings. The van der Waals surface area contributed by atoms with Crippen LogP contribution < -0.4 is 0 Å². The predicted octanol–water partition coefficient (Wildman–Crippen LogP) is 4.75. The maximum atomic E-state index is 13.0. The summed E-state index contributed by atoms with van der Waals surface area (Å²) in [5, 5.41) is 0. The maximum Gasteiger partial charge on any atom is 0.223 e. The summed E-state index contributed by atoms with van der Waals surface area (Å²) in [6.45, 7) is 1.29. The van der Waals surface area contributed by atoms with Gasteiger partial charge in [-0.3, -0.25) is 4.79 Å². The number of fused-ring (bicyclic) bond motifs is 1. The van der Waals surface area contributed by atoms with Crippen molar-refractivity contribution in [1.29, 1.82) is 0 Å². The second-order valence-corrected chi connectivity index (χ2v) is 7.24. The highest BCUT2D eigenvalue weighted by atomic mass is 16.3. The molecule has 2 aromatic carbocycles. The first-order valence-corrected chi connectivity index (χ1v) is 10.0. The molecule has 0 spiro atoms. The smallest absolute Gasteiger partial charge is 0.223 e. The Bertz CT molecular complexity index is 1010. The number of aromatic amines is 1. The second-order valence-electron chi connectivity index (χ2n) is 7.24. The highest BCUT2D eigenvalue weighted by molar-refractivity contribution is 5.77. The number of imidazole rings is 1. The Morgan fingerprint density at radius 2 is 1.79 bits per heavy atom. The first-order chi connectivity index (χ1) is 14.3. The molecule has 1 N–H and O–H groups in total. The van der Waals surface area contributed by atoms with E-state index in [1.807, 2.05) is 41.3 Å². The second kappa shape index (κ2) is 9.24. The zero-order valence-electron chi connectivity index (χ0n) is 16.4. The van der Waals surface area contributed by atoms with Crippen LogP contribution in [0.15, 0.2) is 77.6 Å². The van der Waals surface area contributed by atoms with Gasteiger partial charge < -0.3 is 14.3 Å². The van der Waals surface area contributed by atoms with E-state index in [2.05, 4.69) is 34.2 Å². The molecule has 29 heavy (non-hydrogen) atoms. The third-order valence-electron chi connectivity index (χ3n) is 5.06. The molecular weight excluding hydrogens is 362 g/mol. The van der Waals surface area contributed by atoms with Crippen LogP contribution in [0.5, 0.6) is 0 Å². The number of H-pyrrole nitrogens is 1. The number of carbonyl (C=O) groups is 1. The van der Waals surface area contributed by atoms with Gasteiger partial charge >= 0.3 is 0 Å². The summed E-state index contributed by atoms with van der Waals surface area (Å²) >= 11 is 0.